The molecule has 114 valence electrons. The first-order valence-electron chi connectivity index (χ1n) is 8.15. The smallest absolute Gasteiger partial charge is 0.223 e. The number of unbranched alkanes of at least 4 members (excludes halogenated alkanes) is 3. The Labute approximate surface area is 120 Å². The molecule has 0 N–H and O–H groups in total. The average molecular weight is 269 g/mol. The van der Waals surface area contributed by atoms with Crippen LogP contribution in [0.5, 0.6) is 0 Å². The highest BCUT2D eigenvalue weighted by Crippen LogP contribution is 2.22. The van der Waals surface area contributed by atoms with Crippen LogP contribution in [0.3, 0.4) is 0 Å². The fraction of sp³-hybridized carbons (Fsp3) is 0.941. The summed E-state index contributed by atoms with van der Waals surface area (Å²) in [4.78, 5) is 14.7. The highest BCUT2D eigenvalue weighted by Gasteiger charge is 2.24. The highest BCUT2D eigenvalue weighted by atomic mass is 16.2. The van der Waals surface area contributed by atoms with E-state index in [9.17, 15) is 4.79 Å². The van der Waals surface area contributed by atoms with E-state index in [2.05, 4.69) is 46.4 Å². The second kappa shape index (κ2) is 9.39. The molecule has 0 aromatic rings. The Morgan fingerprint density at radius 1 is 1.00 bits per heavy atom. The van der Waals surface area contributed by atoms with Crippen molar-refractivity contribution < 1.29 is 4.79 Å². The largest absolute Gasteiger partial charge is 0.340 e. The number of amides is 1. The molecule has 0 heterocycles. The Balaban J connectivity index is 4.52. The maximum atomic E-state index is 12.5. The van der Waals surface area contributed by atoms with E-state index in [4.69, 9.17) is 0 Å². The molecule has 0 bridgehead atoms. The van der Waals surface area contributed by atoms with Gasteiger partial charge in [0.05, 0.1) is 0 Å². The maximum absolute atomic E-state index is 12.5. The normalized spacial score (nSPS) is 11.9. The summed E-state index contributed by atoms with van der Waals surface area (Å²) < 4.78 is 0. The first-order valence-corrected chi connectivity index (χ1v) is 8.15. The third kappa shape index (κ3) is 8.28. The third-order valence-corrected chi connectivity index (χ3v) is 3.64. The second-order valence-electron chi connectivity index (χ2n) is 6.86. The van der Waals surface area contributed by atoms with Crippen molar-refractivity contribution in [2.45, 2.75) is 92.5 Å². The van der Waals surface area contributed by atoms with Crippen LogP contribution in [-0.2, 0) is 4.79 Å². The van der Waals surface area contributed by atoms with E-state index in [1.807, 2.05) is 0 Å². The lowest BCUT2D eigenvalue weighted by Crippen LogP contribution is -2.41. The van der Waals surface area contributed by atoms with Crippen LogP contribution >= 0.6 is 0 Å². The van der Waals surface area contributed by atoms with Gasteiger partial charge in [-0.25, -0.2) is 0 Å². The van der Waals surface area contributed by atoms with E-state index in [0.717, 1.165) is 25.8 Å². The molecule has 1 amide bonds. The zero-order valence-corrected chi connectivity index (χ0v) is 14.1. The van der Waals surface area contributed by atoms with Crippen LogP contribution in [0.2, 0.25) is 0 Å². The lowest BCUT2D eigenvalue weighted by Gasteiger charge is -2.33. The van der Waals surface area contributed by atoms with Gasteiger partial charge in [0.2, 0.25) is 5.91 Å². The zero-order chi connectivity index (χ0) is 14.9. The zero-order valence-electron chi connectivity index (χ0n) is 14.1. The standard InChI is InChI=1S/C17H35NO/c1-7-10-11-12-13-18(15(8-2)9-3)16(19)14-17(4,5)6/h15H,7-14H2,1-6H3. The Morgan fingerprint density at radius 2 is 1.58 bits per heavy atom. The van der Waals surface area contributed by atoms with Crippen molar-refractivity contribution in [3.8, 4) is 0 Å². The summed E-state index contributed by atoms with van der Waals surface area (Å²) in [5.74, 6) is 0.345. The number of hydrogen-bond acceptors (Lipinski definition) is 1. The van der Waals surface area contributed by atoms with E-state index >= 15 is 0 Å². The third-order valence-electron chi connectivity index (χ3n) is 3.64. The van der Waals surface area contributed by atoms with Crippen molar-refractivity contribution in [2.24, 2.45) is 5.41 Å². The molecule has 0 aliphatic carbocycles. The molecule has 0 saturated carbocycles. The summed E-state index contributed by atoms with van der Waals surface area (Å²) in [6.07, 6.45) is 7.74. The van der Waals surface area contributed by atoms with Crippen molar-refractivity contribution in [1.29, 1.82) is 0 Å². The Bertz CT molecular complexity index is 238. The minimum Gasteiger partial charge on any atom is -0.340 e. The molecule has 0 unspecified atom stereocenters. The summed E-state index contributed by atoms with van der Waals surface area (Å²) in [6, 6.07) is 0.427. The molecule has 2 nitrogen and oxygen atoms in total. The van der Waals surface area contributed by atoms with Gasteiger partial charge < -0.3 is 4.90 Å². The van der Waals surface area contributed by atoms with Gasteiger partial charge in [0.25, 0.3) is 0 Å². The Morgan fingerprint density at radius 3 is 2.00 bits per heavy atom. The molecule has 0 aromatic carbocycles. The lowest BCUT2D eigenvalue weighted by atomic mass is 9.91. The van der Waals surface area contributed by atoms with E-state index < -0.39 is 0 Å². The van der Waals surface area contributed by atoms with E-state index in [0.29, 0.717) is 18.4 Å². The fourth-order valence-corrected chi connectivity index (χ4v) is 2.50. The van der Waals surface area contributed by atoms with Crippen molar-refractivity contribution in [1.82, 2.24) is 4.90 Å². The molecule has 0 aromatic heterocycles. The van der Waals surface area contributed by atoms with Crippen LogP contribution in [0, 0.1) is 5.41 Å². The van der Waals surface area contributed by atoms with Gasteiger partial charge in [-0.3, -0.25) is 4.79 Å². The summed E-state index contributed by atoms with van der Waals surface area (Å²) in [5, 5.41) is 0. The topological polar surface area (TPSA) is 20.3 Å². The van der Waals surface area contributed by atoms with Crippen molar-refractivity contribution in [3.05, 3.63) is 0 Å². The van der Waals surface area contributed by atoms with Crippen LogP contribution in [0.25, 0.3) is 0 Å². The number of carbonyl (C=O) groups excluding carboxylic acids is 1. The minimum atomic E-state index is 0.0881. The fourth-order valence-electron chi connectivity index (χ4n) is 2.50. The minimum absolute atomic E-state index is 0.0881. The molecule has 0 aliphatic heterocycles. The van der Waals surface area contributed by atoms with E-state index in [-0.39, 0.29) is 5.41 Å². The monoisotopic (exact) mass is 269 g/mol. The molecule has 0 aliphatic rings. The van der Waals surface area contributed by atoms with Gasteiger partial charge in [0.1, 0.15) is 0 Å². The van der Waals surface area contributed by atoms with Crippen LogP contribution in [0.4, 0.5) is 0 Å². The van der Waals surface area contributed by atoms with Crippen molar-refractivity contribution >= 4 is 5.91 Å². The van der Waals surface area contributed by atoms with Crippen molar-refractivity contribution in [3.63, 3.8) is 0 Å². The van der Waals surface area contributed by atoms with Crippen LogP contribution in [-0.4, -0.2) is 23.4 Å². The summed E-state index contributed by atoms with van der Waals surface area (Å²) >= 11 is 0. The number of nitrogens with zero attached hydrogens (tertiary/aromatic N) is 1. The summed E-state index contributed by atoms with van der Waals surface area (Å²) in [5.41, 5.74) is 0.0881. The summed E-state index contributed by atoms with van der Waals surface area (Å²) in [7, 11) is 0. The highest BCUT2D eigenvalue weighted by molar-refractivity contribution is 5.77. The Hall–Kier alpha value is -0.530. The van der Waals surface area contributed by atoms with E-state index in [1.165, 1.54) is 19.3 Å². The molecular formula is C17H35NO. The van der Waals surface area contributed by atoms with Crippen LogP contribution < -0.4 is 0 Å². The van der Waals surface area contributed by atoms with E-state index in [1.54, 1.807) is 0 Å². The van der Waals surface area contributed by atoms with Crippen LogP contribution in [0.15, 0.2) is 0 Å². The van der Waals surface area contributed by atoms with Crippen LogP contribution in [0.1, 0.15) is 86.5 Å². The SMILES string of the molecule is CCCCCCN(C(=O)CC(C)(C)C)C(CC)CC. The molecule has 19 heavy (non-hydrogen) atoms. The molecule has 2 heteroatoms. The van der Waals surface area contributed by atoms with Gasteiger partial charge >= 0.3 is 0 Å². The number of rotatable bonds is 9. The quantitative estimate of drug-likeness (QED) is 0.538. The molecule has 0 rings (SSSR count). The number of carbonyl (C=O) groups is 1. The first kappa shape index (κ1) is 18.5. The van der Waals surface area contributed by atoms with Gasteiger partial charge in [-0.2, -0.15) is 0 Å². The Kier molecular flexibility index (Phi) is 9.12. The maximum Gasteiger partial charge on any atom is 0.223 e. The van der Waals surface area contributed by atoms with Gasteiger partial charge in [-0.1, -0.05) is 60.8 Å². The summed E-state index contributed by atoms with van der Waals surface area (Å²) in [6.45, 7) is 14.0. The van der Waals surface area contributed by atoms with Gasteiger partial charge in [-0.15, -0.1) is 0 Å². The molecule has 0 atom stereocenters. The predicted molar refractivity (Wildman–Crippen MR) is 84.3 cm³/mol. The van der Waals surface area contributed by atoms with Gasteiger partial charge in [0, 0.05) is 19.0 Å². The van der Waals surface area contributed by atoms with Gasteiger partial charge in [-0.05, 0) is 24.7 Å². The van der Waals surface area contributed by atoms with Crippen molar-refractivity contribution in [2.75, 3.05) is 6.54 Å². The molecule has 0 saturated heterocycles. The lowest BCUT2D eigenvalue weighted by molar-refractivity contribution is -0.135. The average Bonchev–Trinajstić information content (AvgIpc) is 2.31. The predicted octanol–water partition coefficient (Wildman–Crippen LogP) is 5.02. The molecule has 0 fully saturated rings. The first-order chi connectivity index (χ1) is 8.85. The molecular weight excluding hydrogens is 234 g/mol. The molecule has 0 spiro atoms. The molecule has 0 radical (unpaired) electrons. The second-order valence-corrected chi connectivity index (χ2v) is 6.86. The number of hydrogen-bond donors (Lipinski definition) is 0. The van der Waals surface area contributed by atoms with Gasteiger partial charge in [0.15, 0.2) is 0 Å².